The van der Waals surface area contributed by atoms with Gasteiger partial charge in [-0.1, -0.05) is 6.07 Å². The number of hydrogen-bond donors (Lipinski definition) is 1. The van der Waals surface area contributed by atoms with E-state index in [0.29, 0.717) is 12.1 Å². The highest BCUT2D eigenvalue weighted by molar-refractivity contribution is 5.29. The third kappa shape index (κ3) is 5.07. The van der Waals surface area contributed by atoms with Crippen molar-refractivity contribution in [2.75, 3.05) is 26.7 Å². The number of methoxy groups -OCH3 is 1. The third-order valence-electron chi connectivity index (χ3n) is 4.28. The molecule has 2 N–H and O–H groups in total. The molecule has 1 heterocycles. The zero-order valence-corrected chi connectivity index (χ0v) is 14.1. The van der Waals surface area contributed by atoms with E-state index in [4.69, 9.17) is 4.74 Å². The number of nitrogens with zero attached hydrogens (tertiary/aromatic N) is 2. The molecule has 1 aromatic carbocycles. The Balaban J connectivity index is 1.98. The minimum Gasteiger partial charge on any atom is -0.417 e. The Bertz CT molecular complexity index is 554. The monoisotopic (exact) mass is 347 g/mol. The van der Waals surface area contributed by atoms with Crippen LogP contribution >= 0.6 is 0 Å². The van der Waals surface area contributed by atoms with Crippen molar-refractivity contribution in [3.05, 3.63) is 29.6 Å². The van der Waals surface area contributed by atoms with E-state index in [-0.39, 0.29) is 12.3 Å². The molecule has 1 fully saturated rings. The molecule has 0 spiro atoms. The molecule has 1 unspecified atom stereocenters. The summed E-state index contributed by atoms with van der Waals surface area (Å²) in [6.45, 7) is 7.14. The summed E-state index contributed by atoms with van der Waals surface area (Å²) in [6.07, 6.45) is -3.84. The lowest BCUT2D eigenvalue weighted by Gasteiger charge is -2.41. The first kappa shape index (κ1) is 19.0. The Labute approximate surface area is 140 Å². The molecule has 1 aliphatic heterocycles. The predicted octanol–water partition coefficient (Wildman–Crippen LogP) is 2.21. The lowest BCUT2D eigenvalue weighted by molar-refractivity contribution is -0.171. The van der Waals surface area contributed by atoms with Crippen LogP contribution < -0.4 is 10.5 Å². The van der Waals surface area contributed by atoms with E-state index in [2.05, 4.69) is 27.2 Å². The van der Waals surface area contributed by atoms with Gasteiger partial charge in [0, 0.05) is 39.3 Å². The summed E-state index contributed by atoms with van der Waals surface area (Å²) in [7, 11) is 1.68. The second-order valence-electron chi connectivity index (χ2n) is 6.08. The van der Waals surface area contributed by atoms with Gasteiger partial charge in [0.05, 0.1) is 0 Å². The number of hydrogen-bond acceptors (Lipinski definition) is 5. The Morgan fingerprint density at radius 1 is 1.38 bits per heavy atom. The van der Waals surface area contributed by atoms with Crippen molar-refractivity contribution >= 4 is 0 Å². The SMILES string of the molecule is COC(C)N1CCN(Cc2ccc(OC(N)(F)F)c(F)c2)[C@@H](C)C1. The Kier molecular flexibility index (Phi) is 6.08. The maximum Gasteiger partial charge on any atom is 0.466 e. The van der Waals surface area contributed by atoms with Crippen molar-refractivity contribution in [3.8, 4) is 5.75 Å². The molecule has 136 valence electrons. The molecule has 0 aliphatic carbocycles. The molecule has 8 heteroatoms. The number of halogens is 3. The molecule has 0 saturated carbocycles. The van der Waals surface area contributed by atoms with Gasteiger partial charge < -0.3 is 9.47 Å². The van der Waals surface area contributed by atoms with Crippen LogP contribution in [0.2, 0.25) is 0 Å². The van der Waals surface area contributed by atoms with E-state index in [9.17, 15) is 13.2 Å². The lowest BCUT2D eigenvalue weighted by atomic mass is 10.1. The van der Waals surface area contributed by atoms with Crippen LogP contribution in [0.15, 0.2) is 18.2 Å². The van der Waals surface area contributed by atoms with Crippen molar-refractivity contribution in [2.45, 2.75) is 38.9 Å². The van der Waals surface area contributed by atoms with Crippen LogP contribution in [-0.2, 0) is 11.3 Å². The van der Waals surface area contributed by atoms with Crippen molar-refractivity contribution in [1.29, 1.82) is 0 Å². The van der Waals surface area contributed by atoms with Gasteiger partial charge in [-0.3, -0.25) is 9.80 Å². The van der Waals surface area contributed by atoms with Crippen LogP contribution in [0.4, 0.5) is 13.2 Å². The predicted molar refractivity (Wildman–Crippen MR) is 84.1 cm³/mol. The maximum atomic E-state index is 13.9. The van der Waals surface area contributed by atoms with E-state index >= 15 is 0 Å². The van der Waals surface area contributed by atoms with E-state index in [0.717, 1.165) is 19.6 Å². The second kappa shape index (κ2) is 7.69. The fourth-order valence-corrected chi connectivity index (χ4v) is 2.84. The van der Waals surface area contributed by atoms with Crippen LogP contribution in [0, 0.1) is 5.82 Å². The first-order chi connectivity index (χ1) is 11.2. The first-order valence-corrected chi connectivity index (χ1v) is 7.84. The molecule has 5 nitrogen and oxygen atoms in total. The topological polar surface area (TPSA) is 51.0 Å². The molecule has 0 amide bonds. The van der Waals surface area contributed by atoms with Crippen molar-refractivity contribution in [2.24, 2.45) is 5.73 Å². The summed E-state index contributed by atoms with van der Waals surface area (Å²) in [5.74, 6) is -1.41. The molecule has 0 bridgehead atoms. The lowest BCUT2D eigenvalue weighted by Crippen LogP contribution is -2.54. The minimum atomic E-state index is -3.90. The molecular formula is C16H24F3N3O2. The van der Waals surface area contributed by atoms with Gasteiger partial charge in [0.25, 0.3) is 0 Å². The van der Waals surface area contributed by atoms with E-state index in [1.807, 2.05) is 6.92 Å². The van der Waals surface area contributed by atoms with Crippen LogP contribution in [0.25, 0.3) is 0 Å². The molecule has 0 radical (unpaired) electrons. The second-order valence-corrected chi connectivity index (χ2v) is 6.08. The smallest absolute Gasteiger partial charge is 0.417 e. The Morgan fingerprint density at radius 3 is 2.62 bits per heavy atom. The molecule has 0 aromatic heterocycles. The number of piperazine rings is 1. The average molecular weight is 347 g/mol. The van der Waals surface area contributed by atoms with Crippen molar-refractivity contribution < 1.29 is 22.6 Å². The zero-order chi connectivity index (χ0) is 17.9. The van der Waals surface area contributed by atoms with Crippen LogP contribution in [-0.4, -0.2) is 55.0 Å². The first-order valence-electron chi connectivity index (χ1n) is 7.84. The largest absolute Gasteiger partial charge is 0.466 e. The fourth-order valence-electron chi connectivity index (χ4n) is 2.84. The molecule has 24 heavy (non-hydrogen) atoms. The summed E-state index contributed by atoms with van der Waals surface area (Å²) in [6, 6.07) is 4.22. The molecule has 1 aliphatic rings. The highest BCUT2D eigenvalue weighted by atomic mass is 19.3. The summed E-state index contributed by atoms with van der Waals surface area (Å²) < 4.78 is 48.5. The zero-order valence-electron chi connectivity index (χ0n) is 14.1. The number of alkyl halides is 2. The van der Waals surface area contributed by atoms with Gasteiger partial charge in [0.15, 0.2) is 11.6 Å². The van der Waals surface area contributed by atoms with Crippen LogP contribution in [0.3, 0.4) is 0 Å². The highest BCUT2D eigenvalue weighted by Gasteiger charge is 2.28. The highest BCUT2D eigenvalue weighted by Crippen LogP contribution is 2.24. The normalized spacial score (nSPS) is 21.7. The third-order valence-corrected chi connectivity index (χ3v) is 4.28. The van der Waals surface area contributed by atoms with Gasteiger partial charge in [-0.25, -0.2) is 10.1 Å². The van der Waals surface area contributed by atoms with Gasteiger partial charge in [0.2, 0.25) is 0 Å². The van der Waals surface area contributed by atoms with Crippen LogP contribution in [0.1, 0.15) is 19.4 Å². The van der Waals surface area contributed by atoms with Gasteiger partial charge in [0.1, 0.15) is 6.23 Å². The summed E-state index contributed by atoms with van der Waals surface area (Å²) in [4.78, 5) is 4.45. The molecule has 1 aromatic rings. The average Bonchev–Trinajstić information content (AvgIpc) is 2.50. The number of nitrogens with two attached hydrogens (primary N) is 1. The molecule has 2 atom stereocenters. The number of ether oxygens (including phenoxy) is 2. The minimum absolute atomic E-state index is 0.0569. The van der Waals surface area contributed by atoms with Gasteiger partial charge in [-0.2, -0.15) is 0 Å². The quantitative estimate of drug-likeness (QED) is 0.632. The number of rotatable bonds is 6. The van der Waals surface area contributed by atoms with Crippen LogP contribution in [0.5, 0.6) is 5.75 Å². The van der Waals surface area contributed by atoms with Gasteiger partial charge >= 0.3 is 6.23 Å². The Morgan fingerprint density at radius 2 is 2.08 bits per heavy atom. The van der Waals surface area contributed by atoms with Gasteiger partial charge in [-0.05, 0) is 31.5 Å². The molecular weight excluding hydrogens is 323 g/mol. The molecule has 1 saturated heterocycles. The van der Waals surface area contributed by atoms with E-state index in [1.165, 1.54) is 12.1 Å². The van der Waals surface area contributed by atoms with E-state index in [1.54, 1.807) is 13.2 Å². The van der Waals surface area contributed by atoms with Gasteiger partial charge in [-0.15, -0.1) is 8.78 Å². The Hall–Kier alpha value is -1.35. The number of benzene rings is 1. The summed E-state index contributed by atoms with van der Waals surface area (Å²) >= 11 is 0. The van der Waals surface area contributed by atoms with E-state index < -0.39 is 17.8 Å². The summed E-state index contributed by atoms with van der Waals surface area (Å²) in [5, 5.41) is 0. The van der Waals surface area contributed by atoms with Crippen molar-refractivity contribution in [3.63, 3.8) is 0 Å². The molecule has 2 rings (SSSR count). The maximum absolute atomic E-state index is 13.9. The van der Waals surface area contributed by atoms with Crippen molar-refractivity contribution in [1.82, 2.24) is 9.80 Å². The fraction of sp³-hybridized carbons (Fsp3) is 0.625. The summed E-state index contributed by atoms with van der Waals surface area (Å²) in [5.41, 5.74) is 5.14. The standard InChI is InChI=1S/C16H24F3N3O2/c1-11-9-22(12(2)23-3)7-6-21(11)10-13-4-5-15(14(17)8-13)24-16(18,19)20/h4-5,8,11-12H,6-7,9-10,20H2,1-3H3/t11-,12?/m0/s1.